The summed E-state index contributed by atoms with van der Waals surface area (Å²) in [5, 5.41) is 0. The summed E-state index contributed by atoms with van der Waals surface area (Å²) < 4.78 is 12.6. The smallest absolute Gasteiger partial charge is 0.183 e. The van der Waals surface area contributed by atoms with Crippen molar-refractivity contribution in [2.45, 2.75) is 27.1 Å². The zero-order chi connectivity index (χ0) is 11.8. The van der Waals surface area contributed by atoms with Crippen molar-refractivity contribution in [3.05, 3.63) is 33.8 Å². The van der Waals surface area contributed by atoms with Gasteiger partial charge in [-0.15, -0.1) is 0 Å². The number of hydrogen-bond acceptors (Lipinski definition) is 2. The van der Waals surface area contributed by atoms with Crippen molar-refractivity contribution >= 4 is 15.9 Å². The molecule has 1 aliphatic heterocycles. The van der Waals surface area contributed by atoms with Gasteiger partial charge in [0.15, 0.2) is 6.29 Å². The molecular formula is C13H17BrO2. The van der Waals surface area contributed by atoms with Crippen molar-refractivity contribution in [3.63, 3.8) is 0 Å². The Morgan fingerprint density at radius 2 is 1.88 bits per heavy atom. The molecule has 1 aromatic rings. The number of ether oxygens (including phenoxy) is 2. The molecule has 0 amide bonds. The molecule has 0 N–H and O–H groups in total. The number of aryl methyl sites for hydroxylation is 1. The largest absolute Gasteiger partial charge is 0.348 e. The van der Waals surface area contributed by atoms with Gasteiger partial charge >= 0.3 is 0 Å². The monoisotopic (exact) mass is 284 g/mol. The predicted octanol–water partition coefficient (Wildman–Crippen LogP) is 3.83. The third kappa shape index (κ3) is 2.65. The van der Waals surface area contributed by atoms with Gasteiger partial charge in [-0.25, -0.2) is 0 Å². The van der Waals surface area contributed by atoms with Gasteiger partial charge < -0.3 is 9.47 Å². The zero-order valence-corrected chi connectivity index (χ0v) is 11.5. The molecule has 0 atom stereocenters. The van der Waals surface area contributed by atoms with Crippen LogP contribution >= 0.6 is 15.9 Å². The van der Waals surface area contributed by atoms with Crippen LogP contribution in [0.25, 0.3) is 0 Å². The number of rotatable bonds is 1. The fourth-order valence-corrected chi connectivity index (χ4v) is 1.95. The van der Waals surface area contributed by atoms with Crippen molar-refractivity contribution in [1.29, 1.82) is 0 Å². The molecule has 0 bridgehead atoms. The summed E-state index contributed by atoms with van der Waals surface area (Å²) in [7, 11) is 0. The Morgan fingerprint density at radius 3 is 2.44 bits per heavy atom. The zero-order valence-electron chi connectivity index (χ0n) is 9.92. The molecule has 88 valence electrons. The standard InChI is InChI=1S/C13H17BrO2/c1-9-6-10(4-5-11(9)14)12-15-7-13(2,3)8-16-12/h4-6,12H,7-8H2,1-3H3. The fraction of sp³-hybridized carbons (Fsp3) is 0.538. The van der Waals surface area contributed by atoms with Gasteiger partial charge in [-0.1, -0.05) is 35.8 Å². The van der Waals surface area contributed by atoms with Gasteiger partial charge in [0, 0.05) is 15.5 Å². The van der Waals surface area contributed by atoms with E-state index in [4.69, 9.17) is 9.47 Å². The highest BCUT2D eigenvalue weighted by Crippen LogP contribution is 2.32. The molecule has 16 heavy (non-hydrogen) atoms. The van der Waals surface area contributed by atoms with Crippen molar-refractivity contribution in [2.24, 2.45) is 5.41 Å². The Labute approximate surface area is 105 Å². The summed E-state index contributed by atoms with van der Waals surface area (Å²) in [6.07, 6.45) is -0.208. The van der Waals surface area contributed by atoms with Gasteiger partial charge in [-0.3, -0.25) is 0 Å². The molecule has 0 radical (unpaired) electrons. The van der Waals surface area contributed by atoms with Gasteiger partial charge in [0.2, 0.25) is 0 Å². The third-order valence-corrected chi connectivity index (χ3v) is 3.59. The quantitative estimate of drug-likeness (QED) is 0.780. The Bertz CT molecular complexity index is 378. The van der Waals surface area contributed by atoms with Crippen LogP contribution in [0.5, 0.6) is 0 Å². The van der Waals surface area contributed by atoms with Crippen LogP contribution in [0.1, 0.15) is 31.3 Å². The van der Waals surface area contributed by atoms with Gasteiger partial charge in [0.05, 0.1) is 13.2 Å². The molecule has 1 fully saturated rings. The molecule has 1 heterocycles. The highest BCUT2D eigenvalue weighted by molar-refractivity contribution is 9.10. The summed E-state index contributed by atoms with van der Waals surface area (Å²) in [6.45, 7) is 7.85. The Kier molecular flexibility index (Phi) is 3.38. The fourth-order valence-electron chi connectivity index (χ4n) is 1.70. The van der Waals surface area contributed by atoms with Crippen molar-refractivity contribution < 1.29 is 9.47 Å². The summed E-state index contributed by atoms with van der Waals surface area (Å²) in [4.78, 5) is 0. The van der Waals surface area contributed by atoms with E-state index in [1.165, 1.54) is 5.56 Å². The second-order valence-corrected chi connectivity index (χ2v) is 5.98. The maximum Gasteiger partial charge on any atom is 0.183 e. The average molecular weight is 285 g/mol. The lowest BCUT2D eigenvalue weighted by atomic mass is 9.95. The first kappa shape index (κ1) is 12.1. The number of halogens is 1. The van der Waals surface area contributed by atoms with Crippen molar-refractivity contribution in [3.8, 4) is 0 Å². The van der Waals surface area contributed by atoms with Gasteiger partial charge in [-0.2, -0.15) is 0 Å². The van der Waals surface area contributed by atoms with Gasteiger partial charge in [0.25, 0.3) is 0 Å². The van der Waals surface area contributed by atoms with E-state index >= 15 is 0 Å². The molecule has 1 aromatic carbocycles. The van der Waals surface area contributed by atoms with E-state index in [-0.39, 0.29) is 11.7 Å². The van der Waals surface area contributed by atoms with Crippen LogP contribution in [-0.2, 0) is 9.47 Å². The SMILES string of the molecule is Cc1cc(C2OCC(C)(C)CO2)ccc1Br. The number of benzene rings is 1. The third-order valence-electron chi connectivity index (χ3n) is 2.71. The lowest BCUT2D eigenvalue weighted by Crippen LogP contribution is -2.33. The first-order valence-corrected chi connectivity index (χ1v) is 6.26. The summed E-state index contributed by atoms with van der Waals surface area (Å²) in [5.74, 6) is 0. The maximum absolute atomic E-state index is 5.74. The van der Waals surface area contributed by atoms with Crippen molar-refractivity contribution in [2.75, 3.05) is 13.2 Å². The van der Waals surface area contributed by atoms with E-state index in [9.17, 15) is 0 Å². The van der Waals surface area contributed by atoms with Crippen LogP contribution in [0.4, 0.5) is 0 Å². The van der Waals surface area contributed by atoms with E-state index in [0.29, 0.717) is 0 Å². The maximum atomic E-state index is 5.74. The summed E-state index contributed by atoms with van der Waals surface area (Å²) >= 11 is 3.49. The molecule has 2 nitrogen and oxygen atoms in total. The normalized spacial score (nSPS) is 21.0. The molecular weight excluding hydrogens is 268 g/mol. The first-order chi connectivity index (χ1) is 7.48. The minimum atomic E-state index is -0.208. The van der Waals surface area contributed by atoms with E-state index in [2.05, 4.69) is 42.8 Å². The van der Waals surface area contributed by atoms with Gasteiger partial charge in [-0.05, 0) is 24.6 Å². The number of hydrogen-bond donors (Lipinski definition) is 0. The second-order valence-electron chi connectivity index (χ2n) is 5.13. The lowest BCUT2D eigenvalue weighted by Gasteiger charge is -2.34. The molecule has 1 aliphatic rings. The van der Waals surface area contributed by atoms with Crippen LogP contribution < -0.4 is 0 Å². The highest BCUT2D eigenvalue weighted by atomic mass is 79.9. The topological polar surface area (TPSA) is 18.5 Å². The molecule has 1 saturated heterocycles. The van der Waals surface area contributed by atoms with Crippen LogP contribution in [0.3, 0.4) is 0 Å². The summed E-state index contributed by atoms with van der Waals surface area (Å²) in [5.41, 5.74) is 2.42. The minimum Gasteiger partial charge on any atom is -0.348 e. The van der Waals surface area contributed by atoms with Crippen LogP contribution in [0.2, 0.25) is 0 Å². The van der Waals surface area contributed by atoms with E-state index in [1.54, 1.807) is 0 Å². The molecule has 0 aliphatic carbocycles. The molecule has 0 aromatic heterocycles. The van der Waals surface area contributed by atoms with Gasteiger partial charge in [0.1, 0.15) is 0 Å². The Balaban J connectivity index is 2.11. The van der Waals surface area contributed by atoms with E-state index < -0.39 is 0 Å². The van der Waals surface area contributed by atoms with Crippen LogP contribution in [0, 0.1) is 12.3 Å². The molecule has 2 rings (SSSR count). The predicted molar refractivity (Wildman–Crippen MR) is 67.3 cm³/mol. The molecule has 0 unspecified atom stereocenters. The Hall–Kier alpha value is -0.380. The van der Waals surface area contributed by atoms with E-state index in [0.717, 1.165) is 23.2 Å². The summed E-state index contributed by atoms with van der Waals surface area (Å²) in [6, 6.07) is 6.18. The molecule has 3 heteroatoms. The molecule has 0 saturated carbocycles. The van der Waals surface area contributed by atoms with Crippen molar-refractivity contribution in [1.82, 2.24) is 0 Å². The molecule has 0 spiro atoms. The lowest BCUT2D eigenvalue weighted by molar-refractivity contribution is -0.226. The minimum absolute atomic E-state index is 0.126. The average Bonchev–Trinajstić information content (AvgIpc) is 2.22. The Morgan fingerprint density at radius 1 is 1.25 bits per heavy atom. The van der Waals surface area contributed by atoms with Crippen LogP contribution in [-0.4, -0.2) is 13.2 Å². The van der Waals surface area contributed by atoms with Crippen LogP contribution in [0.15, 0.2) is 22.7 Å². The highest BCUT2D eigenvalue weighted by Gasteiger charge is 2.29. The second kappa shape index (κ2) is 4.47. The first-order valence-electron chi connectivity index (χ1n) is 5.47. The van der Waals surface area contributed by atoms with E-state index in [1.807, 2.05) is 12.1 Å².